The number of anilines is 1. The van der Waals surface area contributed by atoms with Gasteiger partial charge in [0.05, 0.1) is 0 Å². The van der Waals surface area contributed by atoms with Crippen LogP contribution in [0.1, 0.15) is 12.7 Å². The molecular formula is C14H13N5O. The van der Waals surface area contributed by atoms with Gasteiger partial charge in [-0.1, -0.05) is 18.2 Å². The summed E-state index contributed by atoms with van der Waals surface area (Å²) in [6.45, 7) is 3.33. The van der Waals surface area contributed by atoms with Crippen LogP contribution < -0.4 is 5.32 Å². The number of rotatable bonds is 2. The molecule has 0 aliphatic heterocycles. The Balaban J connectivity index is 2.25. The van der Waals surface area contributed by atoms with Crippen LogP contribution in [0.4, 0.5) is 5.82 Å². The number of aryl methyl sites for hydroxylation is 1. The van der Waals surface area contributed by atoms with Crippen LogP contribution in [0.25, 0.3) is 16.9 Å². The largest absolute Gasteiger partial charge is 0.309 e. The van der Waals surface area contributed by atoms with Crippen molar-refractivity contribution in [3.05, 3.63) is 42.5 Å². The van der Waals surface area contributed by atoms with E-state index in [1.54, 1.807) is 0 Å². The highest BCUT2D eigenvalue weighted by Crippen LogP contribution is 2.23. The number of carbonyl (C=O) groups excluding carboxylic acids is 1. The van der Waals surface area contributed by atoms with Gasteiger partial charge in [-0.15, -0.1) is 0 Å². The molecule has 0 spiro atoms. The molecule has 0 atom stereocenters. The molecular weight excluding hydrogens is 254 g/mol. The molecule has 3 rings (SSSR count). The highest BCUT2D eigenvalue weighted by atomic mass is 16.1. The summed E-state index contributed by atoms with van der Waals surface area (Å²) in [5, 5.41) is 2.67. The van der Waals surface area contributed by atoms with E-state index in [1.807, 2.05) is 41.8 Å². The Hall–Kier alpha value is -2.76. The number of hydrogen-bond donors (Lipinski definition) is 1. The summed E-state index contributed by atoms with van der Waals surface area (Å²) in [5.74, 6) is 1.04. The van der Waals surface area contributed by atoms with E-state index in [9.17, 15) is 4.79 Å². The maximum absolute atomic E-state index is 11.2. The SMILES string of the molecule is CC(=O)Nc1ncnc2c1nc(C)n2-c1ccccc1. The molecule has 1 aromatic carbocycles. The van der Waals surface area contributed by atoms with Crippen LogP contribution in [0.3, 0.4) is 0 Å². The second-order valence-electron chi connectivity index (χ2n) is 4.41. The number of nitrogens with zero attached hydrogens (tertiary/aromatic N) is 4. The van der Waals surface area contributed by atoms with Crippen LogP contribution in [0, 0.1) is 6.92 Å². The molecule has 0 bridgehead atoms. The smallest absolute Gasteiger partial charge is 0.222 e. The lowest BCUT2D eigenvalue weighted by molar-refractivity contribution is -0.114. The molecule has 0 unspecified atom stereocenters. The molecule has 0 saturated heterocycles. The van der Waals surface area contributed by atoms with E-state index in [0.717, 1.165) is 11.5 Å². The molecule has 1 N–H and O–H groups in total. The van der Waals surface area contributed by atoms with Gasteiger partial charge in [-0.05, 0) is 19.1 Å². The van der Waals surface area contributed by atoms with Gasteiger partial charge in [0.25, 0.3) is 0 Å². The molecule has 6 nitrogen and oxygen atoms in total. The van der Waals surface area contributed by atoms with Crippen molar-refractivity contribution in [1.29, 1.82) is 0 Å². The number of amides is 1. The number of hydrogen-bond acceptors (Lipinski definition) is 4. The summed E-state index contributed by atoms with van der Waals surface area (Å²) in [5.41, 5.74) is 2.23. The molecule has 0 aliphatic rings. The molecule has 0 fully saturated rings. The lowest BCUT2D eigenvalue weighted by Crippen LogP contribution is -2.08. The predicted octanol–water partition coefficient (Wildman–Crippen LogP) is 2.08. The summed E-state index contributed by atoms with van der Waals surface area (Å²) in [6.07, 6.45) is 1.42. The number of nitrogens with one attached hydrogen (secondary N) is 1. The summed E-state index contributed by atoms with van der Waals surface area (Å²) < 4.78 is 1.93. The number of fused-ring (bicyclic) bond motifs is 1. The van der Waals surface area contributed by atoms with Crippen LogP contribution in [0.15, 0.2) is 36.7 Å². The Morgan fingerprint density at radius 3 is 2.65 bits per heavy atom. The summed E-state index contributed by atoms with van der Waals surface area (Å²) in [4.78, 5) is 24.0. The first-order chi connectivity index (χ1) is 9.66. The van der Waals surface area contributed by atoms with E-state index in [0.29, 0.717) is 17.0 Å². The van der Waals surface area contributed by atoms with Crippen molar-refractivity contribution in [3.63, 3.8) is 0 Å². The minimum atomic E-state index is -0.183. The third-order valence-corrected chi connectivity index (χ3v) is 2.92. The lowest BCUT2D eigenvalue weighted by atomic mass is 10.3. The minimum absolute atomic E-state index is 0.183. The number of para-hydroxylation sites is 1. The van der Waals surface area contributed by atoms with Crippen LogP contribution in [0.5, 0.6) is 0 Å². The Labute approximate surface area is 115 Å². The van der Waals surface area contributed by atoms with Crippen molar-refractivity contribution < 1.29 is 4.79 Å². The van der Waals surface area contributed by atoms with Crippen LogP contribution in [-0.2, 0) is 4.79 Å². The van der Waals surface area contributed by atoms with Gasteiger partial charge in [-0.25, -0.2) is 15.0 Å². The molecule has 6 heteroatoms. The van der Waals surface area contributed by atoms with Crippen molar-refractivity contribution in [2.45, 2.75) is 13.8 Å². The number of carbonyl (C=O) groups is 1. The zero-order valence-corrected chi connectivity index (χ0v) is 11.2. The Kier molecular flexibility index (Phi) is 2.90. The molecule has 2 aromatic heterocycles. The Bertz CT molecular complexity index is 779. The monoisotopic (exact) mass is 267 g/mol. The average Bonchev–Trinajstić information content (AvgIpc) is 2.76. The molecule has 2 heterocycles. The zero-order valence-electron chi connectivity index (χ0n) is 11.2. The number of benzene rings is 1. The molecule has 100 valence electrons. The van der Waals surface area contributed by atoms with E-state index in [1.165, 1.54) is 13.3 Å². The fourth-order valence-corrected chi connectivity index (χ4v) is 2.15. The van der Waals surface area contributed by atoms with Gasteiger partial charge >= 0.3 is 0 Å². The van der Waals surface area contributed by atoms with Gasteiger partial charge < -0.3 is 5.32 Å². The van der Waals surface area contributed by atoms with Crippen molar-refractivity contribution in [3.8, 4) is 5.69 Å². The molecule has 0 radical (unpaired) electrons. The first-order valence-electron chi connectivity index (χ1n) is 6.20. The predicted molar refractivity (Wildman–Crippen MR) is 75.7 cm³/mol. The van der Waals surface area contributed by atoms with Gasteiger partial charge in [0.2, 0.25) is 5.91 Å². The van der Waals surface area contributed by atoms with E-state index >= 15 is 0 Å². The van der Waals surface area contributed by atoms with Gasteiger partial charge in [0, 0.05) is 12.6 Å². The third kappa shape index (κ3) is 2.01. The maximum Gasteiger partial charge on any atom is 0.222 e. The quantitative estimate of drug-likeness (QED) is 0.771. The minimum Gasteiger partial charge on any atom is -0.309 e. The van der Waals surface area contributed by atoms with Crippen LogP contribution >= 0.6 is 0 Å². The molecule has 1 amide bonds. The fourth-order valence-electron chi connectivity index (χ4n) is 2.15. The average molecular weight is 267 g/mol. The van der Waals surface area contributed by atoms with Crippen molar-refractivity contribution in [2.24, 2.45) is 0 Å². The van der Waals surface area contributed by atoms with Crippen LogP contribution in [-0.4, -0.2) is 25.4 Å². The van der Waals surface area contributed by atoms with Crippen molar-refractivity contribution in [2.75, 3.05) is 5.32 Å². The van der Waals surface area contributed by atoms with Gasteiger partial charge in [-0.3, -0.25) is 9.36 Å². The van der Waals surface area contributed by atoms with E-state index < -0.39 is 0 Å². The van der Waals surface area contributed by atoms with E-state index in [2.05, 4.69) is 20.3 Å². The van der Waals surface area contributed by atoms with E-state index in [4.69, 9.17) is 0 Å². The first-order valence-corrected chi connectivity index (χ1v) is 6.20. The van der Waals surface area contributed by atoms with Gasteiger partial charge in [-0.2, -0.15) is 0 Å². The highest BCUT2D eigenvalue weighted by Gasteiger charge is 2.14. The number of imidazole rings is 1. The second-order valence-corrected chi connectivity index (χ2v) is 4.41. The molecule has 0 aliphatic carbocycles. The summed E-state index contributed by atoms with van der Waals surface area (Å²) >= 11 is 0. The Morgan fingerprint density at radius 2 is 1.95 bits per heavy atom. The molecule has 20 heavy (non-hydrogen) atoms. The standard InChI is InChI=1S/C14H13N5O/c1-9-17-12-13(18-10(2)20)15-8-16-14(12)19(9)11-6-4-3-5-7-11/h3-8H,1-2H3,(H,15,16,18,20). The second kappa shape index (κ2) is 4.73. The van der Waals surface area contributed by atoms with Gasteiger partial charge in [0.1, 0.15) is 12.2 Å². The van der Waals surface area contributed by atoms with E-state index in [-0.39, 0.29) is 5.91 Å². The highest BCUT2D eigenvalue weighted by molar-refractivity contribution is 5.96. The Morgan fingerprint density at radius 1 is 1.20 bits per heavy atom. The van der Waals surface area contributed by atoms with Crippen molar-refractivity contribution >= 4 is 22.9 Å². The van der Waals surface area contributed by atoms with Gasteiger partial charge in [0.15, 0.2) is 17.0 Å². The summed E-state index contributed by atoms with van der Waals surface area (Å²) in [7, 11) is 0. The summed E-state index contributed by atoms with van der Waals surface area (Å²) in [6, 6.07) is 9.82. The molecule has 0 saturated carbocycles. The molecule has 3 aromatic rings. The lowest BCUT2D eigenvalue weighted by Gasteiger charge is -2.05. The fraction of sp³-hybridized carbons (Fsp3) is 0.143. The zero-order chi connectivity index (χ0) is 14.1. The third-order valence-electron chi connectivity index (χ3n) is 2.92. The first kappa shape index (κ1) is 12.3. The topological polar surface area (TPSA) is 72.7 Å². The van der Waals surface area contributed by atoms with Crippen molar-refractivity contribution in [1.82, 2.24) is 19.5 Å². The van der Waals surface area contributed by atoms with Crippen LogP contribution in [0.2, 0.25) is 0 Å². The normalized spacial score (nSPS) is 10.7. The maximum atomic E-state index is 11.2. The number of aromatic nitrogens is 4.